The average Bonchev–Trinajstić information content (AvgIpc) is 2.78. The van der Waals surface area contributed by atoms with Gasteiger partial charge >= 0.3 is 0 Å². The summed E-state index contributed by atoms with van der Waals surface area (Å²) in [7, 11) is 1.62. The Morgan fingerprint density at radius 2 is 1.97 bits per heavy atom. The molecule has 0 aliphatic carbocycles. The van der Waals surface area contributed by atoms with E-state index in [1.54, 1.807) is 13.3 Å². The fraction of sp³-hybridized carbons (Fsp3) is 0.261. The number of carbonyl (C=O) groups is 1. The van der Waals surface area contributed by atoms with Crippen LogP contribution in [0.2, 0.25) is 0 Å². The highest BCUT2D eigenvalue weighted by Crippen LogP contribution is 2.34. The molecule has 4 rings (SSSR count). The molecule has 146 valence electrons. The number of nitrogens with zero attached hydrogens (tertiary/aromatic N) is 3. The molecular weight excluding hydrogens is 364 g/mol. The van der Waals surface area contributed by atoms with E-state index in [2.05, 4.69) is 21.3 Å². The van der Waals surface area contributed by atoms with Crippen molar-refractivity contribution < 1.29 is 9.53 Å². The number of hydrogen-bond donors (Lipinski definition) is 1. The highest BCUT2D eigenvalue weighted by molar-refractivity contribution is 5.96. The highest BCUT2D eigenvalue weighted by Gasteiger charge is 2.27. The minimum Gasteiger partial charge on any atom is -0.497 e. The van der Waals surface area contributed by atoms with Gasteiger partial charge in [0, 0.05) is 36.3 Å². The Balaban J connectivity index is 1.54. The Morgan fingerprint density at radius 3 is 2.66 bits per heavy atom. The first-order chi connectivity index (χ1) is 14.2. The second-order valence-corrected chi connectivity index (χ2v) is 7.13. The maximum absolute atomic E-state index is 12.6. The topological polar surface area (TPSA) is 78.2 Å². The largest absolute Gasteiger partial charge is 0.497 e. The third-order valence-electron chi connectivity index (χ3n) is 5.39. The molecule has 2 aromatic carbocycles. The lowest BCUT2D eigenvalue weighted by Crippen LogP contribution is -2.38. The first kappa shape index (κ1) is 18.8. The van der Waals surface area contributed by atoms with Crippen LogP contribution in [0.5, 0.6) is 5.75 Å². The molecule has 1 aromatic heterocycles. The number of aromatic nitrogens is 1. The molecule has 6 heteroatoms. The van der Waals surface area contributed by atoms with Gasteiger partial charge in [0.25, 0.3) is 0 Å². The summed E-state index contributed by atoms with van der Waals surface area (Å²) in [5.74, 6) is 0.741. The smallest absolute Gasteiger partial charge is 0.227 e. The van der Waals surface area contributed by atoms with Gasteiger partial charge in [-0.15, -0.1) is 0 Å². The Morgan fingerprint density at radius 1 is 1.21 bits per heavy atom. The molecule has 1 saturated heterocycles. The van der Waals surface area contributed by atoms with Crippen LogP contribution in [0.1, 0.15) is 18.4 Å². The third-order valence-corrected chi connectivity index (χ3v) is 5.39. The van der Waals surface area contributed by atoms with E-state index in [1.165, 1.54) is 0 Å². The van der Waals surface area contributed by atoms with Crippen LogP contribution in [0.15, 0.2) is 54.7 Å². The third kappa shape index (κ3) is 3.85. The number of benzene rings is 2. The number of piperidine rings is 1. The number of para-hydroxylation sites is 1. The maximum Gasteiger partial charge on any atom is 0.227 e. The molecule has 0 bridgehead atoms. The normalized spacial score (nSPS) is 14.4. The molecule has 1 fully saturated rings. The molecule has 0 radical (unpaired) electrons. The van der Waals surface area contributed by atoms with Crippen molar-refractivity contribution in [3.63, 3.8) is 0 Å². The second kappa shape index (κ2) is 8.19. The minimum absolute atomic E-state index is 0.0420. The number of hydrogen-bond acceptors (Lipinski definition) is 5. The van der Waals surface area contributed by atoms with Gasteiger partial charge in [-0.2, -0.15) is 5.26 Å². The van der Waals surface area contributed by atoms with Crippen LogP contribution in [0.25, 0.3) is 10.9 Å². The van der Waals surface area contributed by atoms with Gasteiger partial charge in [0.1, 0.15) is 11.8 Å². The fourth-order valence-electron chi connectivity index (χ4n) is 3.84. The predicted molar refractivity (Wildman–Crippen MR) is 113 cm³/mol. The quantitative estimate of drug-likeness (QED) is 0.734. The molecular formula is C23H22N4O2. The Labute approximate surface area is 169 Å². The summed E-state index contributed by atoms with van der Waals surface area (Å²) in [6.07, 6.45) is 3.09. The van der Waals surface area contributed by atoms with E-state index < -0.39 is 0 Å². The summed E-state index contributed by atoms with van der Waals surface area (Å²) in [6, 6.07) is 17.5. The Bertz CT molecular complexity index is 1070. The lowest BCUT2D eigenvalue weighted by Gasteiger charge is -2.34. The second-order valence-electron chi connectivity index (χ2n) is 7.13. The molecule has 3 aromatic rings. The zero-order valence-electron chi connectivity index (χ0n) is 16.3. The first-order valence-corrected chi connectivity index (χ1v) is 9.67. The van der Waals surface area contributed by atoms with Crippen molar-refractivity contribution in [1.82, 2.24) is 4.98 Å². The van der Waals surface area contributed by atoms with Gasteiger partial charge in [0.15, 0.2) is 0 Å². The van der Waals surface area contributed by atoms with Crippen molar-refractivity contribution >= 4 is 28.2 Å². The molecule has 0 spiro atoms. The van der Waals surface area contributed by atoms with E-state index in [-0.39, 0.29) is 11.8 Å². The zero-order chi connectivity index (χ0) is 20.2. The van der Waals surface area contributed by atoms with Gasteiger partial charge in [0.2, 0.25) is 5.91 Å². The van der Waals surface area contributed by atoms with Gasteiger partial charge in [-0.3, -0.25) is 9.78 Å². The van der Waals surface area contributed by atoms with E-state index in [4.69, 9.17) is 4.74 Å². The van der Waals surface area contributed by atoms with Gasteiger partial charge in [0.05, 0.1) is 23.9 Å². The first-order valence-electron chi connectivity index (χ1n) is 9.67. The van der Waals surface area contributed by atoms with E-state index in [9.17, 15) is 10.1 Å². The highest BCUT2D eigenvalue weighted by atomic mass is 16.5. The number of amides is 1. The molecule has 29 heavy (non-hydrogen) atoms. The molecule has 6 nitrogen and oxygen atoms in total. The van der Waals surface area contributed by atoms with Crippen molar-refractivity contribution in [3.8, 4) is 11.8 Å². The van der Waals surface area contributed by atoms with Crippen molar-refractivity contribution in [1.29, 1.82) is 5.26 Å². The standard InChI is InChI=1S/C23H22N4O2/c1-29-19-7-8-21-20(13-19)22(17(14-24)15-25-21)27-11-9-16(10-12-27)23(28)26-18-5-3-2-4-6-18/h2-8,13,15-16H,9-12H2,1H3,(H,26,28). The monoisotopic (exact) mass is 386 g/mol. The number of fused-ring (bicyclic) bond motifs is 1. The number of ether oxygens (including phenoxy) is 1. The van der Waals surface area contributed by atoms with E-state index in [0.29, 0.717) is 18.7 Å². The van der Waals surface area contributed by atoms with E-state index in [1.807, 2.05) is 48.5 Å². The lowest BCUT2D eigenvalue weighted by molar-refractivity contribution is -0.120. The molecule has 1 aliphatic rings. The van der Waals surface area contributed by atoms with Gasteiger partial charge in [-0.05, 0) is 43.2 Å². The van der Waals surface area contributed by atoms with Crippen LogP contribution in [0.3, 0.4) is 0 Å². The van der Waals surface area contributed by atoms with Crippen LogP contribution in [-0.4, -0.2) is 31.1 Å². The summed E-state index contributed by atoms with van der Waals surface area (Å²) in [5.41, 5.74) is 3.05. The predicted octanol–water partition coefficient (Wildman–Crippen LogP) is 3.97. The summed E-state index contributed by atoms with van der Waals surface area (Å²) in [5, 5.41) is 13.5. The van der Waals surface area contributed by atoms with E-state index in [0.717, 1.165) is 40.9 Å². The Kier molecular flexibility index (Phi) is 5.30. The molecule has 0 saturated carbocycles. The van der Waals surface area contributed by atoms with Crippen LogP contribution < -0.4 is 15.0 Å². The number of nitrogens with one attached hydrogen (secondary N) is 1. The summed E-state index contributed by atoms with van der Waals surface area (Å²) >= 11 is 0. The number of rotatable bonds is 4. The zero-order valence-corrected chi connectivity index (χ0v) is 16.3. The molecule has 1 amide bonds. The van der Waals surface area contributed by atoms with Crippen molar-refractivity contribution in [2.75, 3.05) is 30.4 Å². The summed E-state index contributed by atoms with van der Waals surface area (Å²) in [4.78, 5) is 19.2. The van der Waals surface area contributed by atoms with Crippen LogP contribution in [0.4, 0.5) is 11.4 Å². The number of nitriles is 1. The number of anilines is 2. The molecule has 0 unspecified atom stereocenters. The average molecular weight is 386 g/mol. The van der Waals surface area contributed by atoms with Gasteiger partial charge < -0.3 is 15.0 Å². The van der Waals surface area contributed by atoms with Crippen LogP contribution >= 0.6 is 0 Å². The molecule has 2 heterocycles. The van der Waals surface area contributed by atoms with Crippen molar-refractivity contribution in [3.05, 3.63) is 60.3 Å². The number of pyridine rings is 1. The summed E-state index contributed by atoms with van der Waals surface area (Å²) < 4.78 is 5.36. The maximum atomic E-state index is 12.6. The number of carbonyl (C=O) groups excluding carboxylic acids is 1. The van der Waals surface area contributed by atoms with Gasteiger partial charge in [-0.25, -0.2) is 0 Å². The number of methoxy groups -OCH3 is 1. The van der Waals surface area contributed by atoms with Crippen LogP contribution in [0, 0.1) is 17.2 Å². The lowest BCUT2D eigenvalue weighted by atomic mass is 9.94. The van der Waals surface area contributed by atoms with Crippen molar-refractivity contribution in [2.45, 2.75) is 12.8 Å². The minimum atomic E-state index is -0.0420. The SMILES string of the molecule is COc1ccc2ncc(C#N)c(N3CCC(C(=O)Nc4ccccc4)CC3)c2c1. The summed E-state index contributed by atoms with van der Waals surface area (Å²) in [6.45, 7) is 1.41. The molecule has 1 aliphatic heterocycles. The van der Waals surface area contributed by atoms with E-state index >= 15 is 0 Å². The molecule has 0 atom stereocenters. The van der Waals surface area contributed by atoms with Crippen molar-refractivity contribution in [2.24, 2.45) is 5.92 Å². The molecule has 1 N–H and O–H groups in total. The van der Waals surface area contributed by atoms with Gasteiger partial charge in [-0.1, -0.05) is 18.2 Å². The Hall–Kier alpha value is -3.59. The van der Waals surface area contributed by atoms with Crippen LogP contribution in [-0.2, 0) is 4.79 Å². The fourth-order valence-corrected chi connectivity index (χ4v) is 3.84.